The Balaban J connectivity index is 2.81. The molecule has 1 aromatic heterocycles. The SMILES string of the molecule is NCc1cccc2c(Cl)csc12. The van der Waals surface area contributed by atoms with Crippen LogP contribution in [0.5, 0.6) is 0 Å². The Kier molecular flexibility index (Phi) is 2.05. The number of hydrogen-bond donors (Lipinski definition) is 1. The maximum Gasteiger partial charge on any atom is 0.0591 e. The van der Waals surface area contributed by atoms with Gasteiger partial charge in [-0.3, -0.25) is 0 Å². The third-order valence-corrected chi connectivity index (χ3v) is 3.37. The first-order valence-electron chi connectivity index (χ1n) is 3.67. The van der Waals surface area contributed by atoms with Crippen LogP contribution in [0.1, 0.15) is 5.56 Å². The van der Waals surface area contributed by atoms with Gasteiger partial charge in [0.15, 0.2) is 0 Å². The molecule has 12 heavy (non-hydrogen) atoms. The van der Waals surface area contributed by atoms with E-state index >= 15 is 0 Å². The minimum Gasteiger partial charge on any atom is -0.326 e. The number of benzene rings is 1. The van der Waals surface area contributed by atoms with Crippen molar-refractivity contribution in [2.24, 2.45) is 5.73 Å². The fraction of sp³-hybridized carbons (Fsp3) is 0.111. The molecule has 2 aromatic rings. The topological polar surface area (TPSA) is 26.0 Å². The highest BCUT2D eigenvalue weighted by Gasteiger charge is 2.03. The van der Waals surface area contributed by atoms with E-state index in [1.54, 1.807) is 11.3 Å². The summed E-state index contributed by atoms with van der Waals surface area (Å²) in [6.45, 7) is 0.578. The summed E-state index contributed by atoms with van der Waals surface area (Å²) in [7, 11) is 0. The quantitative estimate of drug-likeness (QED) is 0.748. The lowest BCUT2D eigenvalue weighted by Crippen LogP contribution is -1.95. The Hall–Kier alpha value is -0.570. The first kappa shape index (κ1) is 8.05. The van der Waals surface area contributed by atoms with Gasteiger partial charge in [0.05, 0.1) is 5.02 Å². The number of fused-ring (bicyclic) bond motifs is 1. The van der Waals surface area contributed by atoms with Gasteiger partial charge in [-0.2, -0.15) is 0 Å². The van der Waals surface area contributed by atoms with E-state index < -0.39 is 0 Å². The lowest BCUT2D eigenvalue weighted by molar-refractivity contribution is 1.09. The van der Waals surface area contributed by atoms with Gasteiger partial charge in [0.25, 0.3) is 0 Å². The smallest absolute Gasteiger partial charge is 0.0591 e. The summed E-state index contributed by atoms with van der Waals surface area (Å²) in [6.07, 6.45) is 0. The first-order chi connectivity index (χ1) is 5.83. The van der Waals surface area contributed by atoms with E-state index in [2.05, 4.69) is 0 Å². The number of halogens is 1. The van der Waals surface area contributed by atoms with Crippen molar-refractivity contribution in [1.29, 1.82) is 0 Å². The minimum absolute atomic E-state index is 0.578. The van der Waals surface area contributed by atoms with Crippen molar-refractivity contribution in [2.45, 2.75) is 6.54 Å². The molecule has 0 fully saturated rings. The van der Waals surface area contributed by atoms with E-state index in [0.717, 1.165) is 10.4 Å². The van der Waals surface area contributed by atoms with Gasteiger partial charge < -0.3 is 5.73 Å². The number of thiophene rings is 1. The molecule has 2 rings (SSSR count). The average molecular weight is 198 g/mol. The van der Waals surface area contributed by atoms with Crippen LogP contribution in [-0.2, 0) is 6.54 Å². The van der Waals surface area contributed by atoms with Gasteiger partial charge in [-0.25, -0.2) is 0 Å². The van der Waals surface area contributed by atoms with Crippen molar-refractivity contribution in [3.8, 4) is 0 Å². The third kappa shape index (κ3) is 1.12. The van der Waals surface area contributed by atoms with Gasteiger partial charge in [-0.05, 0) is 5.56 Å². The Morgan fingerprint density at radius 3 is 3.00 bits per heavy atom. The van der Waals surface area contributed by atoms with Crippen LogP contribution in [0.15, 0.2) is 23.6 Å². The zero-order chi connectivity index (χ0) is 8.55. The van der Waals surface area contributed by atoms with Crippen molar-refractivity contribution in [1.82, 2.24) is 0 Å². The largest absolute Gasteiger partial charge is 0.326 e. The summed E-state index contributed by atoms with van der Waals surface area (Å²) in [6, 6.07) is 6.05. The molecule has 3 heteroatoms. The molecular formula is C9H8ClNS. The Morgan fingerprint density at radius 1 is 1.42 bits per heavy atom. The molecule has 1 nitrogen and oxygen atoms in total. The summed E-state index contributed by atoms with van der Waals surface area (Å²) in [5.41, 5.74) is 6.76. The predicted octanol–water partition coefficient (Wildman–Crippen LogP) is 3.01. The highest BCUT2D eigenvalue weighted by Crippen LogP contribution is 2.31. The minimum atomic E-state index is 0.578. The summed E-state index contributed by atoms with van der Waals surface area (Å²) in [4.78, 5) is 0. The molecule has 0 saturated carbocycles. The fourth-order valence-electron chi connectivity index (χ4n) is 1.25. The second kappa shape index (κ2) is 3.05. The van der Waals surface area contributed by atoms with Crippen LogP contribution in [-0.4, -0.2) is 0 Å². The Labute approximate surface area is 79.8 Å². The van der Waals surface area contributed by atoms with Crippen molar-refractivity contribution < 1.29 is 0 Å². The van der Waals surface area contributed by atoms with E-state index in [9.17, 15) is 0 Å². The number of rotatable bonds is 1. The van der Waals surface area contributed by atoms with E-state index in [0.29, 0.717) is 6.54 Å². The van der Waals surface area contributed by atoms with Crippen LogP contribution < -0.4 is 5.73 Å². The summed E-state index contributed by atoms with van der Waals surface area (Å²) >= 11 is 7.62. The second-order valence-corrected chi connectivity index (χ2v) is 3.87. The predicted molar refractivity (Wildman–Crippen MR) is 54.7 cm³/mol. The normalized spacial score (nSPS) is 10.8. The van der Waals surface area contributed by atoms with Gasteiger partial charge in [0.1, 0.15) is 0 Å². The van der Waals surface area contributed by atoms with Crippen molar-refractivity contribution >= 4 is 33.0 Å². The molecule has 0 atom stereocenters. The fourth-order valence-corrected chi connectivity index (χ4v) is 2.55. The van der Waals surface area contributed by atoms with Crippen LogP contribution in [0.4, 0.5) is 0 Å². The molecule has 0 unspecified atom stereocenters. The standard InChI is InChI=1S/C9H8ClNS/c10-8-5-12-9-6(4-11)2-1-3-7(8)9/h1-3,5H,4,11H2. The molecule has 0 aliphatic rings. The lowest BCUT2D eigenvalue weighted by atomic mass is 10.2. The van der Waals surface area contributed by atoms with Crippen LogP contribution >= 0.6 is 22.9 Å². The Bertz CT molecular complexity index is 408. The van der Waals surface area contributed by atoms with E-state index in [1.165, 1.54) is 10.3 Å². The lowest BCUT2D eigenvalue weighted by Gasteiger charge is -1.97. The van der Waals surface area contributed by atoms with Crippen molar-refractivity contribution in [2.75, 3.05) is 0 Å². The van der Waals surface area contributed by atoms with Crippen molar-refractivity contribution in [3.63, 3.8) is 0 Å². The third-order valence-electron chi connectivity index (χ3n) is 1.85. The van der Waals surface area contributed by atoms with Gasteiger partial charge in [-0.15, -0.1) is 11.3 Å². The zero-order valence-electron chi connectivity index (χ0n) is 6.38. The van der Waals surface area contributed by atoms with E-state index in [4.69, 9.17) is 17.3 Å². The highest BCUT2D eigenvalue weighted by molar-refractivity contribution is 7.18. The molecule has 0 bridgehead atoms. The van der Waals surface area contributed by atoms with Crippen molar-refractivity contribution in [3.05, 3.63) is 34.2 Å². The molecule has 0 aliphatic carbocycles. The summed E-state index contributed by atoms with van der Waals surface area (Å²) < 4.78 is 1.21. The molecular weight excluding hydrogens is 190 g/mol. The Morgan fingerprint density at radius 2 is 2.25 bits per heavy atom. The van der Waals surface area contributed by atoms with Crippen LogP contribution in [0.2, 0.25) is 5.02 Å². The highest BCUT2D eigenvalue weighted by atomic mass is 35.5. The second-order valence-electron chi connectivity index (χ2n) is 2.58. The molecule has 0 aliphatic heterocycles. The number of nitrogens with two attached hydrogens (primary N) is 1. The maximum atomic E-state index is 5.97. The van der Waals surface area contributed by atoms with Gasteiger partial charge in [-0.1, -0.05) is 29.8 Å². The van der Waals surface area contributed by atoms with Gasteiger partial charge in [0.2, 0.25) is 0 Å². The van der Waals surface area contributed by atoms with Gasteiger partial charge >= 0.3 is 0 Å². The molecule has 62 valence electrons. The zero-order valence-corrected chi connectivity index (χ0v) is 7.95. The number of hydrogen-bond acceptors (Lipinski definition) is 2. The van der Waals surface area contributed by atoms with E-state index in [-0.39, 0.29) is 0 Å². The molecule has 2 N–H and O–H groups in total. The van der Waals surface area contributed by atoms with Crippen LogP contribution in [0.3, 0.4) is 0 Å². The van der Waals surface area contributed by atoms with Crippen LogP contribution in [0, 0.1) is 0 Å². The molecule has 0 radical (unpaired) electrons. The molecule has 0 amide bonds. The maximum absolute atomic E-state index is 5.97. The molecule has 0 spiro atoms. The van der Waals surface area contributed by atoms with E-state index in [1.807, 2.05) is 23.6 Å². The van der Waals surface area contributed by atoms with Gasteiger partial charge in [0, 0.05) is 22.0 Å². The molecule has 1 aromatic carbocycles. The monoisotopic (exact) mass is 197 g/mol. The summed E-state index contributed by atoms with van der Waals surface area (Å²) in [5.74, 6) is 0. The molecule has 1 heterocycles. The molecule has 0 saturated heterocycles. The average Bonchev–Trinajstić information content (AvgIpc) is 2.48. The first-order valence-corrected chi connectivity index (χ1v) is 4.93. The summed E-state index contributed by atoms with van der Waals surface area (Å²) in [5, 5.41) is 3.89. The van der Waals surface area contributed by atoms with Crippen LogP contribution in [0.25, 0.3) is 10.1 Å².